The summed E-state index contributed by atoms with van der Waals surface area (Å²) < 4.78 is 20.1. The summed E-state index contributed by atoms with van der Waals surface area (Å²) in [5.41, 5.74) is 1.63. The van der Waals surface area contributed by atoms with E-state index in [0.717, 1.165) is 49.4 Å². The number of unbranched alkanes of at least 4 members (excludes halogenated alkanes) is 5. The van der Waals surface area contributed by atoms with E-state index >= 15 is 0 Å². The van der Waals surface area contributed by atoms with Gasteiger partial charge < -0.3 is 10.1 Å². The Hall–Kier alpha value is -3.18. The molecule has 4 nitrogen and oxygen atoms in total. The van der Waals surface area contributed by atoms with E-state index in [0.29, 0.717) is 28.8 Å². The molecule has 1 heterocycles. The van der Waals surface area contributed by atoms with Crippen molar-refractivity contribution >= 4 is 34.1 Å². The molecule has 0 aliphatic rings. The molecule has 1 N–H and O–H groups in total. The number of allylic oxidation sites excluding steroid dienone is 3. The van der Waals surface area contributed by atoms with Gasteiger partial charge in [0.15, 0.2) is 5.83 Å². The molecule has 6 heteroatoms. The quantitative estimate of drug-likeness (QED) is 0.162. The van der Waals surface area contributed by atoms with Gasteiger partial charge in [0, 0.05) is 11.5 Å². The molecular weight excluding hydrogens is 451 g/mol. The molecule has 0 aliphatic heterocycles. The predicted octanol–water partition coefficient (Wildman–Crippen LogP) is 8.05. The number of pyridine rings is 1. The number of para-hydroxylation sites is 2. The minimum absolute atomic E-state index is 0.295. The number of benzene rings is 2. The number of nitrogens with zero attached hydrogens (tertiary/aromatic N) is 1. The number of nitrogens with one attached hydrogen (secondary N) is 1. The highest BCUT2D eigenvalue weighted by molar-refractivity contribution is 6.33. The van der Waals surface area contributed by atoms with E-state index in [1.54, 1.807) is 37.3 Å². The monoisotopic (exact) mass is 480 g/mol. The van der Waals surface area contributed by atoms with Crippen LogP contribution in [0.5, 0.6) is 5.88 Å². The molecule has 3 rings (SSSR count). The highest BCUT2D eigenvalue weighted by atomic mass is 35.5. The third kappa shape index (κ3) is 7.99. The molecule has 1 amide bonds. The van der Waals surface area contributed by atoms with E-state index < -0.39 is 11.7 Å². The van der Waals surface area contributed by atoms with Crippen LogP contribution in [0.2, 0.25) is 5.02 Å². The molecule has 0 fully saturated rings. The fourth-order valence-corrected chi connectivity index (χ4v) is 3.63. The maximum atomic E-state index is 14.3. The average Bonchev–Trinajstić information content (AvgIpc) is 2.85. The molecule has 178 valence electrons. The summed E-state index contributed by atoms with van der Waals surface area (Å²) in [6.45, 7) is 2.24. The van der Waals surface area contributed by atoms with E-state index in [1.165, 1.54) is 0 Å². The fourth-order valence-electron chi connectivity index (χ4n) is 3.45. The third-order valence-electron chi connectivity index (χ3n) is 5.37. The van der Waals surface area contributed by atoms with Gasteiger partial charge in [-0.1, -0.05) is 73.3 Å². The van der Waals surface area contributed by atoms with Gasteiger partial charge in [-0.05, 0) is 56.0 Å². The SMILES string of the molecule is CC(/C=C/CCCCCCCOc1ccc2ccccc2n1)=C(/F)C(=O)Nc1ccccc1Cl. The standard InChI is InChI=1S/C28H30ClFN2O2/c1-21(27(30)28(33)32-25-17-11-9-15-23(25)29)13-7-5-3-2-4-6-12-20-34-26-19-18-22-14-8-10-16-24(22)31-26/h7-11,13-19H,2-6,12,20H2,1H3,(H,32,33)/b13-7+,27-21-. The Morgan fingerprint density at radius 3 is 2.59 bits per heavy atom. The first-order chi connectivity index (χ1) is 16.5. The lowest BCUT2D eigenvalue weighted by Gasteiger charge is -2.06. The highest BCUT2D eigenvalue weighted by Gasteiger charge is 2.12. The molecule has 0 bridgehead atoms. The number of amides is 1. The van der Waals surface area contributed by atoms with Crippen molar-refractivity contribution in [3.05, 3.63) is 89.2 Å². The second-order valence-corrected chi connectivity index (χ2v) is 8.49. The molecule has 0 saturated heterocycles. The van der Waals surface area contributed by atoms with Crippen LogP contribution in [0.3, 0.4) is 0 Å². The number of halogens is 2. The van der Waals surface area contributed by atoms with E-state index in [1.807, 2.05) is 42.5 Å². The Balaban J connectivity index is 1.27. The van der Waals surface area contributed by atoms with Gasteiger partial charge in [-0.15, -0.1) is 0 Å². The molecule has 3 aromatic rings. The number of hydrogen-bond acceptors (Lipinski definition) is 3. The van der Waals surface area contributed by atoms with Gasteiger partial charge in [0.1, 0.15) is 0 Å². The van der Waals surface area contributed by atoms with Crippen LogP contribution in [0.25, 0.3) is 10.9 Å². The van der Waals surface area contributed by atoms with E-state index in [4.69, 9.17) is 16.3 Å². The van der Waals surface area contributed by atoms with Crippen LogP contribution in [0.1, 0.15) is 45.4 Å². The maximum absolute atomic E-state index is 14.3. The summed E-state index contributed by atoms with van der Waals surface area (Å²) in [5.74, 6) is -0.937. The second-order valence-electron chi connectivity index (χ2n) is 8.08. The molecule has 34 heavy (non-hydrogen) atoms. The zero-order valence-corrected chi connectivity index (χ0v) is 20.2. The predicted molar refractivity (Wildman–Crippen MR) is 138 cm³/mol. The molecular formula is C28H30ClFN2O2. The molecule has 1 aromatic heterocycles. The normalized spacial score (nSPS) is 12.1. The van der Waals surface area contributed by atoms with Gasteiger partial charge in [-0.3, -0.25) is 4.79 Å². The molecule has 0 radical (unpaired) electrons. The number of ether oxygens (including phenoxy) is 1. The van der Waals surface area contributed by atoms with Crippen LogP contribution in [0.15, 0.2) is 84.2 Å². The summed E-state index contributed by atoms with van der Waals surface area (Å²) in [5, 5.41) is 3.97. The van der Waals surface area contributed by atoms with Crippen molar-refractivity contribution in [1.29, 1.82) is 0 Å². The Labute approximate surface area is 205 Å². The number of fused-ring (bicyclic) bond motifs is 1. The van der Waals surface area contributed by atoms with Gasteiger partial charge in [0.2, 0.25) is 5.88 Å². The van der Waals surface area contributed by atoms with Crippen molar-refractivity contribution < 1.29 is 13.9 Å². The van der Waals surface area contributed by atoms with Gasteiger partial charge in [-0.25, -0.2) is 9.37 Å². The van der Waals surface area contributed by atoms with E-state index in [-0.39, 0.29) is 0 Å². The maximum Gasteiger partial charge on any atom is 0.284 e. The van der Waals surface area contributed by atoms with E-state index in [9.17, 15) is 9.18 Å². The smallest absolute Gasteiger partial charge is 0.284 e. The van der Waals surface area contributed by atoms with Crippen molar-refractivity contribution in [1.82, 2.24) is 4.98 Å². The van der Waals surface area contributed by atoms with Crippen LogP contribution >= 0.6 is 11.6 Å². The first kappa shape index (κ1) is 25.4. The largest absolute Gasteiger partial charge is 0.478 e. The van der Waals surface area contributed by atoms with Gasteiger partial charge >= 0.3 is 0 Å². The summed E-state index contributed by atoms with van der Waals surface area (Å²) in [6, 6.07) is 18.7. The summed E-state index contributed by atoms with van der Waals surface area (Å²) in [7, 11) is 0. The number of hydrogen-bond donors (Lipinski definition) is 1. The van der Waals surface area contributed by atoms with Gasteiger partial charge in [0.25, 0.3) is 5.91 Å². The molecule has 0 aliphatic carbocycles. The Morgan fingerprint density at radius 1 is 1.00 bits per heavy atom. The van der Waals surface area contributed by atoms with Crippen LogP contribution in [-0.4, -0.2) is 17.5 Å². The molecule has 0 spiro atoms. The lowest BCUT2D eigenvalue weighted by Crippen LogP contribution is -2.13. The first-order valence-corrected chi connectivity index (χ1v) is 12.0. The molecule has 2 aromatic carbocycles. The van der Waals surface area contributed by atoms with Crippen molar-refractivity contribution in [2.24, 2.45) is 0 Å². The highest BCUT2D eigenvalue weighted by Crippen LogP contribution is 2.22. The fraction of sp³-hybridized carbons (Fsp3) is 0.286. The molecule has 0 saturated carbocycles. The Bertz CT molecular complexity index is 1160. The van der Waals surface area contributed by atoms with Crippen molar-refractivity contribution in [3.8, 4) is 5.88 Å². The number of anilines is 1. The summed E-state index contributed by atoms with van der Waals surface area (Å²) in [4.78, 5) is 16.6. The second kappa shape index (κ2) is 13.5. The van der Waals surface area contributed by atoms with Crippen molar-refractivity contribution in [2.75, 3.05) is 11.9 Å². The van der Waals surface area contributed by atoms with Crippen molar-refractivity contribution in [3.63, 3.8) is 0 Å². The number of rotatable bonds is 12. The first-order valence-electron chi connectivity index (χ1n) is 11.6. The van der Waals surface area contributed by atoms with Crippen LogP contribution in [0.4, 0.5) is 10.1 Å². The van der Waals surface area contributed by atoms with E-state index in [2.05, 4.69) is 10.3 Å². The van der Waals surface area contributed by atoms with Crippen molar-refractivity contribution in [2.45, 2.75) is 45.4 Å². The Kier molecular flexibility index (Phi) is 10.1. The third-order valence-corrected chi connectivity index (χ3v) is 5.70. The average molecular weight is 481 g/mol. The lowest BCUT2D eigenvalue weighted by atomic mass is 10.1. The zero-order chi connectivity index (χ0) is 24.2. The van der Waals surface area contributed by atoms with Gasteiger partial charge in [0.05, 0.1) is 22.8 Å². The van der Waals surface area contributed by atoms with Crippen LogP contribution < -0.4 is 10.1 Å². The lowest BCUT2D eigenvalue weighted by molar-refractivity contribution is -0.114. The van der Waals surface area contributed by atoms with Crippen LogP contribution in [-0.2, 0) is 4.79 Å². The zero-order valence-electron chi connectivity index (χ0n) is 19.4. The summed E-state index contributed by atoms with van der Waals surface area (Å²) in [6.07, 6.45) is 9.71. The minimum Gasteiger partial charge on any atom is -0.478 e. The summed E-state index contributed by atoms with van der Waals surface area (Å²) >= 11 is 5.99. The minimum atomic E-state index is -0.808. The topological polar surface area (TPSA) is 51.2 Å². The number of aromatic nitrogens is 1. The van der Waals surface area contributed by atoms with Crippen LogP contribution in [0, 0.1) is 0 Å². The Morgan fingerprint density at radius 2 is 1.74 bits per heavy atom. The number of carbonyl (C=O) groups is 1. The molecule has 0 unspecified atom stereocenters. The number of carbonyl (C=O) groups excluding carboxylic acids is 1. The molecule has 0 atom stereocenters. The van der Waals surface area contributed by atoms with Gasteiger partial charge in [-0.2, -0.15) is 0 Å².